The summed E-state index contributed by atoms with van der Waals surface area (Å²) in [6, 6.07) is 8.21. The van der Waals surface area contributed by atoms with Crippen molar-refractivity contribution in [3.8, 4) is 11.6 Å². The van der Waals surface area contributed by atoms with E-state index >= 15 is 0 Å². The molecule has 0 radical (unpaired) electrons. The molecule has 20 heavy (non-hydrogen) atoms. The van der Waals surface area contributed by atoms with Crippen LogP contribution in [0.1, 0.15) is 15.9 Å². The van der Waals surface area contributed by atoms with Crippen molar-refractivity contribution in [2.45, 2.75) is 6.61 Å². The number of hydrogen-bond donors (Lipinski definition) is 2. The lowest BCUT2D eigenvalue weighted by atomic mass is 10.2. The fourth-order valence-corrected chi connectivity index (χ4v) is 1.58. The maximum absolute atomic E-state index is 11.6. The van der Waals surface area contributed by atoms with Gasteiger partial charge in [-0.3, -0.25) is 0 Å². The predicted molar refractivity (Wildman–Crippen MR) is 72.4 cm³/mol. The van der Waals surface area contributed by atoms with E-state index in [1.165, 1.54) is 19.4 Å². The van der Waals surface area contributed by atoms with Crippen LogP contribution in [0.5, 0.6) is 11.6 Å². The molecule has 1 aromatic heterocycles. The molecule has 0 spiro atoms. The number of aliphatic hydroxyl groups excluding tert-OH is 1. The van der Waals surface area contributed by atoms with Crippen LogP contribution in [-0.2, 0) is 11.3 Å². The summed E-state index contributed by atoms with van der Waals surface area (Å²) in [4.78, 5) is 15.6. The molecule has 0 bridgehead atoms. The van der Waals surface area contributed by atoms with Gasteiger partial charge in [-0.2, -0.15) is 0 Å². The van der Waals surface area contributed by atoms with E-state index in [0.29, 0.717) is 11.4 Å². The summed E-state index contributed by atoms with van der Waals surface area (Å²) < 4.78 is 10.2. The number of carbonyl (C=O) groups is 1. The van der Waals surface area contributed by atoms with E-state index in [1.54, 1.807) is 24.3 Å². The van der Waals surface area contributed by atoms with Crippen LogP contribution >= 0.6 is 0 Å². The summed E-state index contributed by atoms with van der Waals surface area (Å²) in [7, 11) is 1.27. The zero-order chi connectivity index (χ0) is 14.5. The summed E-state index contributed by atoms with van der Waals surface area (Å²) in [5, 5.41) is 8.97. The van der Waals surface area contributed by atoms with Crippen LogP contribution < -0.4 is 10.5 Å². The lowest BCUT2D eigenvalue weighted by Gasteiger charge is -2.09. The minimum absolute atomic E-state index is 0.0478. The van der Waals surface area contributed by atoms with Gasteiger partial charge in [-0.25, -0.2) is 9.78 Å². The monoisotopic (exact) mass is 274 g/mol. The van der Waals surface area contributed by atoms with Gasteiger partial charge in [0.05, 0.1) is 25.6 Å². The van der Waals surface area contributed by atoms with Gasteiger partial charge >= 0.3 is 5.97 Å². The molecule has 0 fully saturated rings. The molecule has 0 saturated heterocycles. The Morgan fingerprint density at radius 2 is 2.05 bits per heavy atom. The molecule has 2 rings (SSSR count). The molecule has 2 aromatic rings. The zero-order valence-electron chi connectivity index (χ0n) is 10.9. The van der Waals surface area contributed by atoms with Gasteiger partial charge in [0.15, 0.2) is 0 Å². The van der Waals surface area contributed by atoms with Crippen molar-refractivity contribution in [2.75, 3.05) is 12.8 Å². The van der Waals surface area contributed by atoms with Gasteiger partial charge in [0.1, 0.15) is 11.3 Å². The van der Waals surface area contributed by atoms with E-state index in [2.05, 4.69) is 9.72 Å². The van der Waals surface area contributed by atoms with Crippen molar-refractivity contribution in [3.63, 3.8) is 0 Å². The van der Waals surface area contributed by atoms with E-state index in [1.807, 2.05) is 0 Å². The summed E-state index contributed by atoms with van der Waals surface area (Å²) in [5.74, 6) is 0.0270. The fraction of sp³-hybridized carbons (Fsp3) is 0.143. The van der Waals surface area contributed by atoms with Gasteiger partial charge in [-0.05, 0) is 23.8 Å². The highest BCUT2D eigenvalue weighted by Gasteiger charge is 2.15. The standard InChI is InChI=1S/C14H14N2O4/c1-19-14(18)12-6-10(15)7-16-13(12)20-11-4-2-9(8-17)3-5-11/h2-7,17H,8,15H2,1H3. The molecule has 0 atom stereocenters. The average Bonchev–Trinajstić information content (AvgIpc) is 2.49. The summed E-state index contributed by atoms with van der Waals surface area (Å²) in [6.45, 7) is -0.0478. The molecule has 0 aliphatic carbocycles. The van der Waals surface area contributed by atoms with Gasteiger partial charge in [-0.15, -0.1) is 0 Å². The number of carbonyl (C=O) groups excluding carboxylic acids is 1. The van der Waals surface area contributed by atoms with Crippen molar-refractivity contribution in [3.05, 3.63) is 47.7 Å². The van der Waals surface area contributed by atoms with Gasteiger partial charge in [-0.1, -0.05) is 12.1 Å². The smallest absolute Gasteiger partial charge is 0.343 e. The van der Waals surface area contributed by atoms with Crippen molar-refractivity contribution in [1.29, 1.82) is 0 Å². The number of nitrogens with zero attached hydrogens (tertiary/aromatic N) is 1. The molecule has 0 amide bonds. The summed E-state index contributed by atoms with van der Waals surface area (Å²) >= 11 is 0. The van der Waals surface area contributed by atoms with E-state index in [-0.39, 0.29) is 18.1 Å². The Bertz CT molecular complexity index is 611. The van der Waals surface area contributed by atoms with Crippen LogP contribution in [0.4, 0.5) is 5.69 Å². The van der Waals surface area contributed by atoms with Gasteiger partial charge in [0.25, 0.3) is 0 Å². The number of benzene rings is 1. The van der Waals surface area contributed by atoms with Crippen LogP contribution in [0.15, 0.2) is 36.5 Å². The third-order valence-electron chi connectivity index (χ3n) is 2.60. The molecule has 1 heterocycles. The first-order valence-corrected chi connectivity index (χ1v) is 5.85. The molecule has 1 aromatic carbocycles. The lowest BCUT2D eigenvalue weighted by Crippen LogP contribution is -2.06. The maximum atomic E-state index is 11.6. The van der Waals surface area contributed by atoms with Crippen LogP contribution in [0.2, 0.25) is 0 Å². The van der Waals surface area contributed by atoms with Crippen LogP contribution in [0, 0.1) is 0 Å². The molecule has 6 nitrogen and oxygen atoms in total. The SMILES string of the molecule is COC(=O)c1cc(N)cnc1Oc1ccc(CO)cc1. The van der Waals surface area contributed by atoms with Crippen molar-refractivity contribution in [2.24, 2.45) is 0 Å². The average molecular weight is 274 g/mol. The molecular formula is C14H14N2O4. The quantitative estimate of drug-likeness (QED) is 0.824. The van der Waals surface area contributed by atoms with Crippen molar-refractivity contribution in [1.82, 2.24) is 4.98 Å². The van der Waals surface area contributed by atoms with Crippen molar-refractivity contribution >= 4 is 11.7 Å². The first kappa shape index (κ1) is 13.8. The molecular weight excluding hydrogens is 260 g/mol. The number of hydrogen-bond acceptors (Lipinski definition) is 6. The Balaban J connectivity index is 2.30. The van der Waals surface area contributed by atoms with Crippen LogP contribution in [-0.4, -0.2) is 23.2 Å². The first-order chi connectivity index (χ1) is 9.63. The Morgan fingerprint density at radius 3 is 2.65 bits per heavy atom. The normalized spacial score (nSPS) is 10.1. The third-order valence-corrected chi connectivity index (χ3v) is 2.60. The Morgan fingerprint density at radius 1 is 1.35 bits per heavy atom. The number of rotatable bonds is 4. The van der Waals surface area contributed by atoms with E-state index in [4.69, 9.17) is 15.6 Å². The Labute approximate surface area is 115 Å². The summed E-state index contributed by atoms with van der Waals surface area (Å²) in [6.07, 6.45) is 1.39. The second-order valence-corrected chi connectivity index (χ2v) is 4.02. The fourth-order valence-electron chi connectivity index (χ4n) is 1.58. The van der Waals surface area contributed by atoms with Crippen LogP contribution in [0.25, 0.3) is 0 Å². The zero-order valence-corrected chi connectivity index (χ0v) is 10.9. The van der Waals surface area contributed by atoms with E-state index < -0.39 is 5.97 Å². The number of nitrogen functional groups attached to an aromatic ring is 1. The van der Waals surface area contributed by atoms with Gasteiger partial charge < -0.3 is 20.3 Å². The second-order valence-electron chi connectivity index (χ2n) is 4.02. The van der Waals surface area contributed by atoms with Crippen molar-refractivity contribution < 1.29 is 19.4 Å². The maximum Gasteiger partial charge on any atom is 0.343 e. The molecule has 6 heteroatoms. The number of esters is 1. The molecule has 0 unspecified atom stereocenters. The highest BCUT2D eigenvalue weighted by Crippen LogP contribution is 2.25. The molecule has 0 aliphatic rings. The molecule has 0 saturated carbocycles. The number of methoxy groups -OCH3 is 1. The largest absolute Gasteiger partial charge is 0.465 e. The predicted octanol–water partition coefficient (Wildman–Crippen LogP) is 1.73. The highest BCUT2D eigenvalue weighted by atomic mass is 16.5. The Hall–Kier alpha value is -2.60. The van der Waals surface area contributed by atoms with E-state index in [0.717, 1.165) is 5.56 Å². The van der Waals surface area contributed by atoms with Gasteiger partial charge in [0, 0.05) is 0 Å². The highest BCUT2D eigenvalue weighted by molar-refractivity contribution is 5.92. The first-order valence-electron chi connectivity index (χ1n) is 5.85. The second kappa shape index (κ2) is 6.03. The van der Waals surface area contributed by atoms with Gasteiger partial charge in [0.2, 0.25) is 5.88 Å². The number of anilines is 1. The third kappa shape index (κ3) is 3.04. The lowest BCUT2D eigenvalue weighted by molar-refractivity contribution is 0.0597. The minimum atomic E-state index is -0.577. The number of aliphatic hydroxyl groups is 1. The van der Waals surface area contributed by atoms with Crippen LogP contribution in [0.3, 0.4) is 0 Å². The number of nitrogens with two attached hydrogens (primary N) is 1. The Kier molecular flexibility index (Phi) is 4.17. The number of aromatic nitrogens is 1. The minimum Gasteiger partial charge on any atom is -0.465 e. The molecule has 104 valence electrons. The number of pyridine rings is 1. The molecule has 0 aliphatic heterocycles. The summed E-state index contributed by atoms with van der Waals surface area (Å²) in [5.41, 5.74) is 6.85. The number of ether oxygens (including phenoxy) is 2. The molecule has 3 N–H and O–H groups in total. The van der Waals surface area contributed by atoms with E-state index in [9.17, 15) is 4.79 Å². The topological polar surface area (TPSA) is 94.7 Å².